The van der Waals surface area contributed by atoms with Crippen molar-refractivity contribution in [2.75, 3.05) is 17.7 Å². The topological polar surface area (TPSA) is 89.3 Å². The van der Waals surface area contributed by atoms with Gasteiger partial charge >= 0.3 is 0 Å². The fourth-order valence-corrected chi connectivity index (χ4v) is 1.95. The molecule has 0 aliphatic carbocycles. The number of anilines is 1. The van der Waals surface area contributed by atoms with Crippen molar-refractivity contribution in [3.8, 4) is 0 Å². The van der Waals surface area contributed by atoms with Crippen molar-refractivity contribution in [2.45, 2.75) is 13.0 Å². The van der Waals surface area contributed by atoms with Gasteiger partial charge in [0, 0.05) is 11.9 Å². The van der Waals surface area contributed by atoms with E-state index in [-0.39, 0.29) is 6.04 Å². The van der Waals surface area contributed by atoms with Gasteiger partial charge in [0.15, 0.2) is 9.84 Å². The normalized spacial score (nSPS) is 13.1. The number of nitrogens with one attached hydrogen (secondary N) is 1. The van der Waals surface area contributed by atoms with Crippen molar-refractivity contribution >= 4 is 21.4 Å². The molecule has 0 bridgehead atoms. The summed E-state index contributed by atoms with van der Waals surface area (Å²) in [5.41, 5.74) is 7.06. The van der Waals surface area contributed by atoms with Crippen molar-refractivity contribution in [3.05, 3.63) is 29.8 Å². The molecule has 0 aromatic heterocycles. The maximum Gasteiger partial charge on any atom is 0.235 e. The SMILES string of the molecule is CC(NC(=O)CS(C)(=O)=O)c1ccc(N)cc1. The fourth-order valence-electron chi connectivity index (χ4n) is 1.39. The fraction of sp³-hybridized carbons (Fsp3) is 0.364. The van der Waals surface area contributed by atoms with Crippen LogP contribution in [0.25, 0.3) is 0 Å². The van der Waals surface area contributed by atoms with Crippen LogP contribution >= 0.6 is 0 Å². The van der Waals surface area contributed by atoms with Crippen LogP contribution in [0.5, 0.6) is 0 Å². The average molecular weight is 256 g/mol. The molecule has 17 heavy (non-hydrogen) atoms. The van der Waals surface area contributed by atoms with Gasteiger partial charge in [0.1, 0.15) is 5.75 Å². The van der Waals surface area contributed by atoms with E-state index < -0.39 is 21.5 Å². The van der Waals surface area contributed by atoms with Crippen LogP contribution in [0, 0.1) is 0 Å². The molecule has 1 aromatic carbocycles. The Hall–Kier alpha value is -1.56. The number of nitrogens with two attached hydrogens (primary N) is 1. The molecule has 1 unspecified atom stereocenters. The summed E-state index contributed by atoms with van der Waals surface area (Å²) in [6, 6.07) is 6.80. The number of hydrogen-bond donors (Lipinski definition) is 2. The van der Waals surface area contributed by atoms with Crippen molar-refractivity contribution in [1.29, 1.82) is 0 Å². The minimum Gasteiger partial charge on any atom is -0.399 e. The lowest BCUT2D eigenvalue weighted by molar-refractivity contribution is -0.119. The molecule has 6 heteroatoms. The van der Waals surface area contributed by atoms with Crippen LogP contribution in [-0.2, 0) is 14.6 Å². The van der Waals surface area contributed by atoms with Crippen molar-refractivity contribution < 1.29 is 13.2 Å². The quantitative estimate of drug-likeness (QED) is 0.767. The van der Waals surface area contributed by atoms with Crippen LogP contribution < -0.4 is 11.1 Å². The zero-order valence-corrected chi connectivity index (χ0v) is 10.6. The highest BCUT2D eigenvalue weighted by Gasteiger charge is 2.14. The highest BCUT2D eigenvalue weighted by molar-refractivity contribution is 7.91. The van der Waals surface area contributed by atoms with E-state index in [2.05, 4.69) is 5.32 Å². The van der Waals surface area contributed by atoms with Crippen LogP contribution in [0.4, 0.5) is 5.69 Å². The molecule has 1 amide bonds. The lowest BCUT2D eigenvalue weighted by atomic mass is 10.1. The van der Waals surface area contributed by atoms with E-state index >= 15 is 0 Å². The molecule has 1 rings (SSSR count). The van der Waals surface area contributed by atoms with E-state index in [1.807, 2.05) is 0 Å². The van der Waals surface area contributed by atoms with Gasteiger partial charge < -0.3 is 11.1 Å². The molecule has 1 aromatic rings. The number of nitrogen functional groups attached to an aromatic ring is 1. The Kier molecular flexibility index (Phi) is 4.11. The van der Waals surface area contributed by atoms with Gasteiger partial charge in [-0.1, -0.05) is 12.1 Å². The van der Waals surface area contributed by atoms with Crippen LogP contribution in [0.1, 0.15) is 18.5 Å². The molecule has 0 radical (unpaired) electrons. The summed E-state index contributed by atoms with van der Waals surface area (Å²) in [7, 11) is -3.29. The standard InChI is InChI=1S/C11H16N2O3S/c1-8(9-3-5-10(12)6-4-9)13-11(14)7-17(2,15)16/h3-6,8H,7,12H2,1-2H3,(H,13,14). The van der Waals surface area contributed by atoms with Crippen molar-refractivity contribution in [2.24, 2.45) is 0 Å². The van der Waals surface area contributed by atoms with E-state index in [4.69, 9.17) is 5.73 Å². The number of carbonyl (C=O) groups excluding carboxylic acids is 1. The predicted octanol–water partition coefficient (Wildman–Crippen LogP) is 0.491. The Balaban J connectivity index is 2.63. The number of hydrogen-bond acceptors (Lipinski definition) is 4. The van der Waals surface area contributed by atoms with E-state index in [1.165, 1.54) is 0 Å². The van der Waals surface area contributed by atoms with Crippen molar-refractivity contribution in [1.82, 2.24) is 5.32 Å². The molecule has 3 N–H and O–H groups in total. The molecule has 0 saturated heterocycles. The molecule has 1 atom stereocenters. The second kappa shape index (κ2) is 5.18. The Morgan fingerprint density at radius 1 is 1.35 bits per heavy atom. The maximum atomic E-state index is 11.4. The number of rotatable bonds is 4. The smallest absolute Gasteiger partial charge is 0.235 e. The molecular weight excluding hydrogens is 240 g/mol. The zero-order chi connectivity index (χ0) is 13.1. The summed E-state index contributed by atoms with van der Waals surface area (Å²) in [5.74, 6) is -0.997. The predicted molar refractivity (Wildman–Crippen MR) is 67.1 cm³/mol. The van der Waals surface area contributed by atoms with Gasteiger partial charge in [0.25, 0.3) is 0 Å². The third kappa shape index (κ3) is 4.86. The number of benzene rings is 1. The van der Waals surface area contributed by atoms with Gasteiger partial charge in [-0.25, -0.2) is 8.42 Å². The van der Waals surface area contributed by atoms with Gasteiger partial charge in [0.05, 0.1) is 6.04 Å². The maximum absolute atomic E-state index is 11.4. The first-order valence-corrected chi connectivity index (χ1v) is 7.16. The minimum atomic E-state index is -3.29. The van der Waals surface area contributed by atoms with Gasteiger partial charge in [-0.2, -0.15) is 0 Å². The first-order chi connectivity index (χ1) is 7.78. The number of carbonyl (C=O) groups is 1. The lowest BCUT2D eigenvalue weighted by Crippen LogP contribution is -2.32. The summed E-state index contributed by atoms with van der Waals surface area (Å²) in [6.07, 6.45) is 1.03. The summed E-state index contributed by atoms with van der Waals surface area (Å²) < 4.78 is 21.9. The molecule has 5 nitrogen and oxygen atoms in total. The summed E-state index contributed by atoms with van der Waals surface area (Å²) in [4.78, 5) is 11.4. The lowest BCUT2D eigenvalue weighted by Gasteiger charge is -2.14. The highest BCUT2D eigenvalue weighted by Crippen LogP contribution is 2.13. The number of amides is 1. The molecule has 0 aliphatic rings. The van der Waals surface area contributed by atoms with Crippen LogP contribution in [-0.4, -0.2) is 26.3 Å². The molecule has 0 saturated carbocycles. The number of sulfone groups is 1. The molecular formula is C11H16N2O3S. The largest absolute Gasteiger partial charge is 0.399 e. The van der Waals surface area contributed by atoms with E-state index in [1.54, 1.807) is 31.2 Å². The summed E-state index contributed by atoms with van der Waals surface area (Å²) in [5, 5.41) is 2.61. The monoisotopic (exact) mass is 256 g/mol. The van der Waals surface area contributed by atoms with Crippen molar-refractivity contribution in [3.63, 3.8) is 0 Å². The second-order valence-corrected chi connectivity index (χ2v) is 6.17. The van der Waals surface area contributed by atoms with Crippen LogP contribution in [0.3, 0.4) is 0 Å². The third-order valence-electron chi connectivity index (χ3n) is 2.21. The highest BCUT2D eigenvalue weighted by atomic mass is 32.2. The Bertz CT molecular complexity index is 494. The average Bonchev–Trinajstić information content (AvgIpc) is 2.15. The summed E-state index contributed by atoms with van der Waals surface area (Å²) >= 11 is 0. The van der Waals surface area contributed by atoms with Crippen LogP contribution in [0.2, 0.25) is 0 Å². The Morgan fingerprint density at radius 3 is 2.35 bits per heavy atom. The van der Waals surface area contributed by atoms with Crippen LogP contribution in [0.15, 0.2) is 24.3 Å². The molecule has 0 spiro atoms. The van der Waals surface area contributed by atoms with E-state index in [0.717, 1.165) is 11.8 Å². The van der Waals surface area contributed by atoms with Gasteiger partial charge in [-0.3, -0.25) is 4.79 Å². The first kappa shape index (κ1) is 13.5. The third-order valence-corrected chi connectivity index (χ3v) is 2.99. The second-order valence-electron chi connectivity index (χ2n) is 4.03. The van der Waals surface area contributed by atoms with Gasteiger partial charge in [0.2, 0.25) is 5.91 Å². The molecule has 94 valence electrons. The van der Waals surface area contributed by atoms with Gasteiger partial charge in [-0.05, 0) is 24.6 Å². The van der Waals surface area contributed by atoms with E-state index in [9.17, 15) is 13.2 Å². The Labute approximate surface area is 101 Å². The van der Waals surface area contributed by atoms with Gasteiger partial charge in [-0.15, -0.1) is 0 Å². The zero-order valence-electron chi connectivity index (χ0n) is 9.80. The molecule has 0 heterocycles. The summed E-state index contributed by atoms with van der Waals surface area (Å²) in [6.45, 7) is 1.78. The molecule has 0 aliphatic heterocycles. The minimum absolute atomic E-state index is 0.246. The molecule has 0 fully saturated rings. The Morgan fingerprint density at radius 2 is 1.88 bits per heavy atom. The van der Waals surface area contributed by atoms with E-state index in [0.29, 0.717) is 5.69 Å². The first-order valence-electron chi connectivity index (χ1n) is 5.10.